The van der Waals surface area contributed by atoms with Gasteiger partial charge in [0.25, 0.3) is 5.91 Å². The molecular formula is C17H21N5O2. The maximum Gasteiger partial charge on any atom is 0.258 e. The van der Waals surface area contributed by atoms with E-state index < -0.39 is 0 Å². The highest BCUT2D eigenvalue weighted by Crippen LogP contribution is 2.16. The first-order valence-corrected chi connectivity index (χ1v) is 7.81. The van der Waals surface area contributed by atoms with Crippen LogP contribution in [0.15, 0.2) is 41.3 Å². The zero-order chi connectivity index (χ0) is 17.1. The van der Waals surface area contributed by atoms with Gasteiger partial charge in [0.15, 0.2) is 0 Å². The number of fused-ring (bicyclic) bond motifs is 1. The lowest BCUT2D eigenvalue weighted by Crippen LogP contribution is -2.36. The highest BCUT2D eigenvalue weighted by Gasteiger charge is 2.21. The number of hydrogen-bond acceptors (Lipinski definition) is 5. The van der Waals surface area contributed by atoms with Crippen LogP contribution in [-0.4, -0.2) is 57.5 Å². The van der Waals surface area contributed by atoms with E-state index in [0.717, 1.165) is 18.1 Å². The van der Waals surface area contributed by atoms with Gasteiger partial charge in [-0.25, -0.2) is 4.52 Å². The van der Waals surface area contributed by atoms with Crippen molar-refractivity contribution in [2.24, 2.45) is 0 Å². The minimum Gasteiger partial charge on any atom is -0.464 e. The van der Waals surface area contributed by atoms with Crippen molar-refractivity contribution in [3.63, 3.8) is 0 Å². The number of amides is 1. The Morgan fingerprint density at radius 1 is 1.25 bits per heavy atom. The van der Waals surface area contributed by atoms with Gasteiger partial charge in [-0.05, 0) is 33.2 Å². The molecule has 3 aromatic heterocycles. The van der Waals surface area contributed by atoms with Gasteiger partial charge in [-0.1, -0.05) is 0 Å². The maximum atomic E-state index is 13.0. The summed E-state index contributed by atoms with van der Waals surface area (Å²) in [5.74, 6) is 1.54. The Balaban J connectivity index is 1.87. The Morgan fingerprint density at radius 3 is 2.79 bits per heavy atom. The number of likely N-dealkylation sites (N-methyl/N-ethyl adjacent to an activating group) is 1. The quantitative estimate of drug-likeness (QED) is 0.691. The maximum absolute atomic E-state index is 13.0. The second-order valence-corrected chi connectivity index (χ2v) is 6.01. The lowest BCUT2D eigenvalue weighted by molar-refractivity contribution is 0.0721. The lowest BCUT2D eigenvalue weighted by atomic mass is 10.2. The van der Waals surface area contributed by atoms with Gasteiger partial charge in [0.2, 0.25) is 0 Å². The topological polar surface area (TPSA) is 66.9 Å². The summed E-state index contributed by atoms with van der Waals surface area (Å²) in [5, 5.41) is 4.22. The fourth-order valence-electron chi connectivity index (χ4n) is 2.50. The summed E-state index contributed by atoms with van der Waals surface area (Å²) in [7, 11) is 3.97. The number of carbonyl (C=O) groups excluding carboxylic acids is 1. The van der Waals surface area contributed by atoms with Gasteiger partial charge < -0.3 is 14.2 Å². The van der Waals surface area contributed by atoms with Gasteiger partial charge in [-0.3, -0.25) is 9.78 Å². The molecule has 0 radical (unpaired) electrons. The number of aromatic nitrogens is 3. The van der Waals surface area contributed by atoms with Crippen molar-refractivity contribution in [2.45, 2.75) is 13.5 Å². The molecule has 0 N–H and O–H groups in total. The van der Waals surface area contributed by atoms with Crippen LogP contribution in [0.3, 0.4) is 0 Å². The molecule has 3 heterocycles. The molecule has 24 heavy (non-hydrogen) atoms. The Kier molecular flexibility index (Phi) is 4.61. The largest absolute Gasteiger partial charge is 0.464 e. The first kappa shape index (κ1) is 16.2. The predicted molar refractivity (Wildman–Crippen MR) is 89.7 cm³/mol. The molecule has 0 saturated heterocycles. The third kappa shape index (κ3) is 3.46. The summed E-state index contributed by atoms with van der Waals surface area (Å²) in [5.41, 5.74) is 1.25. The minimum absolute atomic E-state index is 0.0751. The van der Waals surface area contributed by atoms with Crippen molar-refractivity contribution >= 4 is 11.4 Å². The predicted octanol–water partition coefficient (Wildman–Crippen LogP) is 1.83. The molecule has 0 spiro atoms. The van der Waals surface area contributed by atoms with Gasteiger partial charge in [0.05, 0.1) is 30.0 Å². The van der Waals surface area contributed by atoms with E-state index in [4.69, 9.17) is 4.42 Å². The standard InChI is InChI=1S/C17H21N5O2/c1-13-4-5-14(24-13)12-21(9-8-20(2)3)17(23)15-10-19-22-7-6-18-11-16(15)22/h4-7,10-11H,8-9,12H2,1-3H3. The molecule has 3 rings (SSSR count). The Hall–Kier alpha value is -2.67. The second kappa shape index (κ2) is 6.84. The van der Waals surface area contributed by atoms with Crippen LogP contribution in [0.5, 0.6) is 0 Å². The van der Waals surface area contributed by atoms with Crippen LogP contribution in [0.1, 0.15) is 21.9 Å². The summed E-state index contributed by atoms with van der Waals surface area (Å²) in [4.78, 5) is 20.9. The Morgan fingerprint density at radius 2 is 2.08 bits per heavy atom. The molecule has 0 aromatic carbocycles. The molecule has 0 aliphatic heterocycles. The third-order valence-electron chi connectivity index (χ3n) is 3.80. The van der Waals surface area contributed by atoms with E-state index in [1.54, 1.807) is 34.2 Å². The minimum atomic E-state index is -0.0751. The summed E-state index contributed by atoms with van der Waals surface area (Å²) >= 11 is 0. The molecule has 0 aliphatic carbocycles. The van der Waals surface area contributed by atoms with Crippen LogP contribution >= 0.6 is 0 Å². The third-order valence-corrected chi connectivity index (χ3v) is 3.80. The van der Waals surface area contributed by atoms with Crippen molar-refractivity contribution < 1.29 is 9.21 Å². The second-order valence-electron chi connectivity index (χ2n) is 6.01. The number of carbonyl (C=O) groups is 1. The highest BCUT2D eigenvalue weighted by atomic mass is 16.3. The van der Waals surface area contributed by atoms with E-state index in [0.29, 0.717) is 24.2 Å². The molecule has 7 heteroatoms. The number of furan rings is 1. The molecule has 7 nitrogen and oxygen atoms in total. The number of rotatable bonds is 6. The summed E-state index contributed by atoms with van der Waals surface area (Å²) in [6, 6.07) is 3.81. The van der Waals surface area contributed by atoms with Crippen LogP contribution in [-0.2, 0) is 6.54 Å². The van der Waals surface area contributed by atoms with Crippen molar-refractivity contribution in [3.8, 4) is 0 Å². The molecule has 0 aliphatic rings. The Labute approximate surface area is 140 Å². The van der Waals surface area contributed by atoms with Crippen LogP contribution in [0.2, 0.25) is 0 Å². The van der Waals surface area contributed by atoms with Crippen LogP contribution in [0.25, 0.3) is 5.52 Å². The first-order valence-electron chi connectivity index (χ1n) is 7.81. The van der Waals surface area contributed by atoms with Gasteiger partial charge in [-0.2, -0.15) is 5.10 Å². The van der Waals surface area contributed by atoms with Crippen LogP contribution in [0.4, 0.5) is 0 Å². The smallest absolute Gasteiger partial charge is 0.258 e. The van der Waals surface area contributed by atoms with Gasteiger partial charge in [0.1, 0.15) is 11.5 Å². The van der Waals surface area contributed by atoms with E-state index >= 15 is 0 Å². The van der Waals surface area contributed by atoms with Crippen LogP contribution < -0.4 is 0 Å². The molecule has 1 amide bonds. The van der Waals surface area contributed by atoms with Crippen molar-refractivity contribution in [3.05, 3.63) is 54.0 Å². The molecule has 0 saturated carbocycles. The normalized spacial score (nSPS) is 11.3. The van der Waals surface area contributed by atoms with Crippen molar-refractivity contribution in [2.75, 3.05) is 27.2 Å². The molecular weight excluding hydrogens is 306 g/mol. The van der Waals surface area contributed by atoms with Gasteiger partial charge in [-0.15, -0.1) is 0 Å². The molecule has 0 atom stereocenters. The molecule has 126 valence electrons. The van der Waals surface area contributed by atoms with Gasteiger partial charge >= 0.3 is 0 Å². The van der Waals surface area contributed by atoms with Gasteiger partial charge in [0, 0.05) is 25.5 Å². The molecule has 0 unspecified atom stereocenters. The lowest BCUT2D eigenvalue weighted by Gasteiger charge is -2.23. The zero-order valence-corrected chi connectivity index (χ0v) is 14.1. The monoisotopic (exact) mass is 327 g/mol. The zero-order valence-electron chi connectivity index (χ0n) is 14.1. The fraction of sp³-hybridized carbons (Fsp3) is 0.353. The summed E-state index contributed by atoms with van der Waals surface area (Å²) in [6.45, 7) is 3.69. The van der Waals surface area contributed by atoms with E-state index in [-0.39, 0.29) is 5.91 Å². The Bertz CT molecular complexity index is 836. The number of hydrogen-bond donors (Lipinski definition) is 0. The van der Waals surface area contributed by atoms with E-state index in [1.165, 1.54) is 0 Å². The van der Waals surface area contributed by atoms with Crippen molar-refractivity contribution in [1.29, 1.82) is 0 Å². The van der Waals surface area contributed by atoms with Crippen LogP contribution in [0, 0.1) is 6.92 Å². The summed E-state index contributed by atoms with van der Waals surface area (Å²) in [6.07, 6.45) is 6.62. The van der Waals surface area contributed by atoms with Crippen molar-refractivity contribution in [1.82, 2.24) is 24.4 Å². The molecule has 0 fully saturated rings. The average molecular weight is 327 g/mol. The first-order chi connectivity index (χ1) is 11.5. The summed E-state index contributed by atoms with van der Waals surface area (Å²) < 4.78 is 7.29. The number of nitrogens with zero attached hydrogens (tertiary/aromatic N) is 5. The van der Waals surface area contributed by atoms with E-state index in [2.05, 4.69) is 10.1 Å². The van der Waals surface area contributed by atoms with E-state index in [9.17, 15) is 4.79 Å². The highest BCUT2D eigenvalue weighted by molar-refractivity contribution is 6.00. The SMILES string of the molecule is Cc1ccc(CN(CCN(C)C)C(=O)c2cnn3ccncc23)o1. The molecule has 0 bridgehead atoms. The van der Waals surface area contributed by atoms with E-state index in [1.807, 2.05) is 38.1 Å². The average Bonchev–Trinajstić information content (AvgIpc) is 3.16. The molecule has 3 aromatic rings. The fourth-order valence-corrected chi connectivity index (χ4v) is 2.50. The number of aryl methyl sites for hydroxylation is 1.